The average molecular weight is 269 g/mol. The SMILES string of the molecule is CC1CC(Nc2ccc(F)c(Cl)c2)CN1C1CC1. The van der Waals surface area contributed by atoms with Crippen molar-refractivity contribution in [3.8, 4) is 0 Å². The third-order valence-electron chi connectivity index (χ3n) is 3.93. The second kappa shape index (κ2) is 4.71. The van der Waals surface area contributed by atoms with Crippen LogP contribution in [0, 0.1) is 5.82 Å². The van der Waals surface area contributed by atoms with Gasteiger partial charge in [0.25, 0.3) is 0 Å². The Hall–Kier alpha value is -0.800. The van der Waals surface area contributed by atoms with Crippen LogP contribution in [-0.4, -0.2) is 29.6 Å². The van der Waals surface area contributed by atoms with Crippen molar-refractivity contribution in [3.63, 3.8) is 0 Å². The van der Waals surface area contributed by atoms with Gasteiger partial charge in [0.15, 0.2) is 0 Å². The highest BCUT2D eigenvalue weighted by atomic mass is 35.5. The first-order valence-electron chi connectivity index (χ1n) is 6.61. The number of hydrogen-bond acceptors (Lipinski definition) is 2. The topological polar surface area (TPSA) is 15.3 Å². The maximum Gasteiger partial charge on any atom is 0.141 e. The fourth-order valence-electron chi connectivity index (χ4n) is 2.90. The lowest BCUT2D eigenvalue weighted by Crippen LogP contribution is -2.31. The van der Waals surface area contributed by atoms with E-state index in [-0.39, 0.29) is 10.8 Å². The molecule has 1 saturated heterocycles. The first-order valence-corrected chi connectivity index (χ1v) is 6.98. The zero-order chi connectivity index (χ0) is 12.7. The maximum atomic E-state index is 13.1. The van der Waals surface area contributed by atoms with Crippen molar-refractivity contribution in [2.75, 3.05) is 11.9 Å². The minimum atomic E-state index is -0.360. The van der Waals surface area contributed by atoms with E-state index >= 15 is 0 Å². The summed E-state index contributed by atoms with van der Waals surface area (Å²) < 4.78 is 13.1. The fraction of sp³-hybridized carbons (Fsp3) is 0.571. The van der Waals surface area contributed by atoms with Crippen LogP contribution in [0.15, 0.2) is 18.2 Å². The molecule has 2 unspecified atom stereocenters. The van der Waals surface area contributed by atoms with Gasteiger partial charge in [0, 0.05) is 30.4 Å². The van der Waals surface area contributed by atoms with Crippen LogP contribution in [0.25, 0.3) is 0 Å². The number of halogens is 2. The monoisotopic (exact) mass is 268 g/mol. The lowest BCUT2D eigenvalue weighted by Gasteiger charge is -2.20. The van der Waals surface area contributed by atoms with E-state index in [1.165, 1.54) is 18.9 Å². The molecule has 1 aliphatic carbocycles. The van der Waals surface area contributed by atoms with E-state index < -0.39 is 0 Å². The normalized spacial score (nSPS) is 28.6. The molecular formula is C14H18ClFN2. The number of nitrogens with one attached hydrogen (secondary N) is 1. The first-order chi connectivity index (χ1) is 8.63. The molecular weight excluding hydrogens is 251 g/mol. The molecule has 0 aromatic heterocycles. The maximum absolute atomic E-state index is 13.1. The average Bonchev–Trinajstić information content (AvgIpc) is 3.09. The minimum absolute atomic E-state index is 0.185. The molecule has 1 saturated carbocycles. The highest BCUT2D eigenvalue weighted by molar-refractivity contribution is 6.31. The molecule has 1 aromatic carbocycles. The standard InChI is InChI=1S/C14H18ClFN2/c1-9-6-11(8-18(9)12-3-4-12)17-10-2-5-14(16)13(15)7-10/h2,5,7,9,11-12,17H,3-4,6,8H2,1H3. The van der Waals surface area contributed by atoms with Crippen molar-refractivity contribution >= 4 is 17.3 Å². The Balaban J connectivity index is 1.64. The zero-order valence-electron chi connectivity index (χ0n) is 10.5. The molecule has 1 N–H and O–H groups in total. The molecule has 2 fully saturated rings. The number of nitrogens with zero attached hydrogens (tertiary/aromatic N) is 1. The highest BCUT2D eigenvalue weighted by Gasteiger charge is 2.38. The van der Waals surface area contributed by atoms with Gasteiger partial charge in [0.1, 0.15) is 5.82 Å². The second-order valence-corrected chi connectivity index (χ2v) is 5.89. The van der Waals surface area contributed by atoms with Crippen molar-refractivity contribution < 1.29 is 4.39 Å². The third-order valence-corrected chi connectivity index (χ3v) is 4.22. The van der Waals surface area contributed by atoms with Gasteiger partial charge in [-0.15, -0.1) is 0 Å². The van der Waals surface area contributed by atoms with E-state index in [1.807, 2.05) is 0 Å². The summed E-state index contributed by atoms with van der Waals surface area (Å²) in [7, 11) is 0. The number of likely N-dealkylation sites (tertiary alicyclic amines) is 1. The molecule has 4 heteroatoms. The Bertz CT molecular complexity index is 447. The number of benzene rings is 1. The van der Waals surface area contributed by atoms with Crippen LogP contribution in [0.3, 0.4) is 0 Å². The Kier molecular flexibility index (Phi) is 3.20. The summed E-state index contributed by atoms with van der Waals surface area (Å²) in [6.07, 6.45) is 3.84. The number of rotatable bonds is 3. The summed E-state index contributed by atoms with van der Waals surface area (Å²) in [6, 6.07) is 6.74. The van der Waals surface area contributed by atoms with Gasteiger partial charge in [0.05, 0.1) is 5.02 Å². The number of hydrogen-bond donors (Lipinski definition) is 1. The van der Waals surface area contributed by atoms with Crippen LogP contribution in [0.4, 0.5) is 10.1 Å². The van der Waals surface area contributed by atoms with Crippen molar-refractivity contribution in [2.24, 2.45) is 0 Å². The molecule has 18 heavy (non-hydrogen) atoms. The molecule has 2 atom stereocenters. The summed E-state index contributed by atoms with van der Waals surface area (Å²) in [5, 5.41) is 3.64. The smallest absolute Gasteiger partial charge is 0.141 e. The quantitative estimate of drug-likeness (QED) is 0.902. The second-order valence-electron chi connectivity index (χ2n) is 5.48. The van der Waals surface area contributed by atoms with Gasteiger partial charge >= 0.3 is 0 Å². The zero-order valence-corrected chi connectivity index (χ0v) is 11.3. The third kappa shape index (κ3) is 2.47. The Morgan fingerprint density at radius 3 is 2.83 bits per heavy atom. The van der Waals surface area contributed by atoms with E-state index in [9.17, 15) is 4.39 Å². The molecule has 1 heterocycles. The summed E-state index contributed by atoms with van der Waals surface area (Å²) in [4.78, 5) is 2.59. The predicted octanol–water partition coefficient (Wildman–Crippen LogP) is 3.52. The molecule has 2 aliphatic rings. The van der Waals surface area contributed by atoms with Gasteiger partial charge in [-0.05, 0) is 44.4 Å². The van der Waals surface area contributed by atoms with Crippen LogP contribution in [0.2, 0.25) is 5.02 Å². The molecule has 0 radical (unpaired) electrons. The Morgan fingerprint density at radius 1 is 1.39 bits per heavy atom. The summed E-state index contributed by atoms with van der Waals surface area (Å²) in [6.45, 7) is 3.37. The van der Waals surface area contributed by atoms with Crippen molar-refractivity contribution in [1.82, 2.24) is 4.90 Å². The van der Waals surface area contributed by atoms with E-state index in [1.54, 1.807) is 12.1 Å². The van der Waals surface area contributed by atoms with Gasteiger partial charge in [-0.1, -0.05) is 11.6 Å². The van der Waals surface area contributed by atoms with E-state index in [0.29, 0.717) is 12.1 Å². The molecule has 98 valence electrons. The lowest BCUT2D eigenvalue weighted by atomic mass is 10.2. The molecule has 1 aliphatic heterocycles. The number of anilines is 1. The highest BCUT2D eigenvalue weighted by Crippen LogP contribution is 2.34. The van der Waals surface area contributed by atoms with Crippen molar-refractivity contribution in [3.05, 3.63) is 29.0 Å². The lowest BCUT2D eigenvalue weighted by molar-refractivity contribution is 0.257. The minimum Gasteiger partial charge on any atom is -0.381 e. The Morgan fingerprint density at radius 2 is 2.17 bits per heavy atom. The van der Waals surface area contributed by atoms with Crippen LogP contribution < -0.4 is 5.32 Å². The fourth-order valence-corrected chi connectivity index (χ4v) is 3.08. The van der Waals surface area contributed by atoms with Gasteiger partial charge in [-0.3, -0.25) is 4.90 Å². The van der Waals surface area contributed by atoms with Crippen LogP contribution in [0.5, 0.6) is 0 Å². The molecule has 0 spiro atoms. The molecule has 3 rings (SSSR count). The van der Waals surface area contributed by atoms with Crippen molar-refractivity contribution in [1.29, 1.82) is 0 Å². The van der Waals surface area contributed by atoms with E-state index in [0.717, 1.165) is 24.7 Å². The Labute approximate surface area is 112 Å². The summed E-state index contributed by atoms with van der Waals surface area (Å²) in [5.41, 5.74) is 0.913. The molecule has 0 bridgehead atoms. The van der Waals surface area contributed by atoms with Gasteiger partial charge in [-0.25, -0.2) is 4.39 Å². The van der Waals surface area contributed by atoms with Gasteiger partial charge in [0.2, 0.25) is 0 Å². The van der Waals surface area contributed by atoms with Gasteiger partial charge in [-0.2, -0.15) is 0 Å². The molecule has 2 nitrogen and oxygen atoms in total. The van der Waals surface area contributed by atoms with Crippen molar-refractivity contribution in [2.45, 2.75) is 44.3 Å². The first kappa shape index (κ1) is 12.2. The van der Waals surface area contributed by atoms with Gasteiger partial charge < -0.3 is 5.32 Å². The van der Waals surface area contributed by atoms with E-state index in [4.69, 9.17) is 11.6 Å². The van der Waals surface area contributed by atoms with Crippen LogP contribution in [-0.2, 0) is 0 Å². The van der Waals surface area contributed by atoms with E-state index in [2.05, 4.69) is 17.1 Å². The predicted molar refractivity (Wildman–Crippen MR) is 72.6 cm³/mol. The summed E-state index contributed by atoms with van der Waals surface area (Å²) in [5.74, 6) is -0.360. The molecule has 1 aromatic rings. The summed E-state index contributed by atoms with van der Waals surface area (Å²) >= 11 is 5.79. The molecule has 0 amide bonds. The largest absolute Gasteiger partial charge is 0.381 e. The van der Waals surface area contributed by atoms with Crippen LogP contribution >= 0.6 is 11.6 Å². The van der Waals surface area contributed by atoms with Crippen LogP contribution in [0.1, 0.15) is 26.2 Å².